The summed E-state index contributed by atoms with van der Waals surface area (Å²) in [6.07, 6.45) is 1.82. The number of urea groups is 1. The number of rotatable bonds is 5. The fraction of sp³-hybridized carbons (Fsp3) is 0.409. The quantitative estimate of drug-likeness (QED) is 0.844. The fourth-order valence-corrected chi connectivity index (χ4v) is 3.45. The molecule has 0 saturated carbocycles. The minimum absolute atomic E-state index is 0.0657. The number of aryl methyl sites for hydroxylation is 2. The molecule has 2 aromatic carbocycles. The van der Waals surface area contributed by atoms with Crippen LogP contribution in [0.5, 0.6) is 5.75 Å². The van der Waals surface area contributed by atoms with Crippen LogP contribution in [0.2, 0.25) is 0 Å². The van der Waals surface area contributed by atoms with E-state index in [-0.39, 0.29) is 12.1 Å². The highest BCUT2D eigenvalue weighted by atomic mass is 16.5. The Morgan fingerprint density at radius 2 is 1.74 bits per heavy atom. The van der Waals surface area contributed by atoms with Crippen molar-refractivity contribution in [2.24, 2.45) is 0 Å². The smallest absolute Gasteiger partial charge is 0.321 e. The molecule has 5 nitrogen and oxygen atoms in total. The number of hydrogen-bond acceptors (Lipinski definition) is 3. The first-order valence-corrected chi connectivity index (χ1v) is 9.44. The predicted molar refractivity (Wildman–Crippen MR) is 107 cm³/mol. The van der Waals surface area contributed by atoms with E-state index in [1.54, 1.807) is 7.11 Å². The van der Waals surface area contributed by atoms with Crippen LogP contribution in [0.1, 0.15) is 29.5 Å². The van der Waals surface area contributed by atoms with Gasteiger partial charge in [0.05, 0.1) is 6.61 Å². The summed E-state index contributed by atoms with van der Waals surface area (Å²) < 4.78 is 11.4. The Balaban J connectivity index is 1.55. The molecule has 1 aliphatic rings. The summed E-state index contributed by atoms with van der Waals surface area (Å²) in [5, 5.41) is 3.01. The summed E-state index contributed by atoms with van der Waals surface area (Å²) in [5.41, 5.74) is 4.09. The maximum Gasteiger partial charge on any atom is 0.321 e. The zero-order valence-corrected chi connectivity index (χ0v) is 16.3. The van der Waals surface area contributed by atoms with Crippen molar-refractivity contribution < 1.29 is 14.3 Å². The van der Waals surface area contributed by atoms with Crippen LogP contribution < -0.4 is 10.1 Å². The molecule has 27 heavy (non-hydrogen) atoms. The van der Waals surface area contributed by atoms with Gasteiger partial charge in [0.15, 0.2) is 0 Å². The lowest BCUT2D eigenvalue weighted by Gasteiger charge is -2.33. The Bertz CT molecular complexity index is 763. The van der Waals surface area contributed by atoms with Gasteiger partial charge in [0.25, 0.3) is 0 Å². The molecule has 0 aliphatic carbocycles. The highest BCUT2D eigenvalue weighted by molar-refractivity contribution is 5.90. The number of piperidine rings is 1. The van der Waals surface area contributed by atoms with Crippen LogP contribution in [-0.4, -0.2) is 37.2 Å². The summed E-state index contributed by atoms with van der Waals surface area (Å²) in [6.45, 7) is 5.99. The van der Waals surface area contributed by atoms with E-state index < -0.39 is 0 Å². The van der Waals surface area contributed by atoms with Crippen LogP contribution in [-0.2, 0) is 11.3 Å². The Labute approximate surface area is 161 Å². The molecule has 0 atom stereocenters. The molecule has 2 aromatic rings. The molecule has 0 aromatic heterocycles. The Morgan fingerprint density at radius 3 is 2.41 bits per heavy atom. The number of carbonyl (C=O) groups excluding carboxylic acids is 1. The molecule has 2 amide bonds. The van der Waals surface area contributed by atoms with Crippen LogP contribution in [0.25, 0.3) is 0 Å². The van der Waals surface area contributed by atoms with Gasteiger partial charge >= 0.3 is 6.03 Å². The van der Waals surface area contributed by atoms with Crippen LogP contribution in [0.4, 0.5) is 10.5 Å². The topological polar surface area (TPSA) is 50.8 Å². The average molecular weight is 368 g/mol. The van der Waals surface area contributed by atoms with Crippen molar-refractivity contribution in [1.82, 2.24) is 4.90 Å². The molecule has 1 saturated heterocycles. The largest absolute Gasteiger partial charge is 0.490 e. The zero-order chi connectivity index (χ0) is 19.2. The van der Waals surface area contributed by atoms with Crippen molar-refractivity contribution in [1.29, 1.82) is 0 Å². The van der Waals surface area contributed by atoms with Crippen LogP contribution in [0.15, 0.2) is 42.5 Å². The van der Waals surface area contributed by atoms with E-state index in [1.165, 1.54) is 0 Å². The number of anilines is 1. The van der Waals surface area contributed by atoms with Gasteiger partial charge in [-0.1, -0.05) is 36.4 Å². The molecular formula is C22H28N2O3. The maximum atomic E-state index is 12.6. The molecule has 144 valence electrons. The standard InChI is InChI=1S/C22H28N2O3/c1-16-7-6-8-17(2)21(16)27-19-11-13-24(14-12-19)22(25)23-20-10-5-4-9-18(20)15-26-3/h4-10,19H,11-15H2,1-3H3,(H,23,25). The maximum absolute atomic E-state index is 12.6. The number of benzene rings is 2. The number of likely N-dealkylation sites (tertiary alicyclic amines) is 1. The highest BCUT2D eigenvalue weighted by Gasteiger charge is 2.25. The third-order valence-corrected chi connectivity index (χ3v) is 4.98. The van der Waals surface area contributed by atoms with Gasteiger partial charge in [-0.15, -0.1) is 0 Å². The number of nitrogens with one attached hydrogen (secondary N) is 1. The molecule has 0 radical (unpaired) electrons. The van der Waals surface area contributed by atoms with Gasteiger partial charge < -0.3 is 19.7 Å². The second-order valence-corrected chi connectivity index (χ2v) is 7.05. The van der Waals surface area contributed by atoms with E-state index in [9.17, 15) is 4.79 Å². The molecule has 1 fully saturated rings. The lowest BCUT2D eigenvalue weighted by atomic mass is 10.1. The number of nitrogens with zero attached hydrogens (tertiary/aromatic N) is 1. The first-order valence-electron chi connectivity index (χ1n) is 9.44. The molecule has 0 spiro atoms. The summed E-state index contributed by atoms with van der Waals surface area (Å²) >= 11 is 0. The van der Waals surface area contributed by atoms with E-state index in [4.69, 9.17) is 9.47 Å². The molecule has 0 unspecified atom stereocenters. The summed E-state index contributed by atoms with van der Waals surface area (Å²) in [4.78, 5) is 14.5. The Morgan fingerprint density at radius 1 is 1.07 bits per heavy atom. The molecule has 1 N–H and O–H groups in total. The third-order valence-electron chi connectivity index (χ3n) is 4.98. The molecule has 1 aliphatic heterocycles. The fourth-order valence-electron chi connectivity index (χ4n) is 3.45. The predicted octanol–water partition coefficient (Wildman–Crippen LogP) is 4.53. The van der Waals surface area contributed by atoms with Crippen molar-refractivity contribution in [2.75, 3.05) is 25.5 Å². The SMILES string of the molecule is COCc1ccccc1NC(=O)N1CCC(Oc2c(C)cccc2C)CC1. The number of methoxy groups -OCH3 is 1. The van der Waals surface area contributed by atoms with Crippen molar-refractivity contribution in [3.8, 4) is 5.75 Å². The number of hydrogen-bond donors (Lipinski definition) is 1. The molecule has 1 heterocycles. The number of amides is 2. The Hall–Kier alpha value is -2.53. The molecular weight excluding hydrogens is 340 g/mol. The Kier molecular flexibility index (Phi) is 6.35. The minimum atomic E-state index is -0.0657. The van der Waals surface area contributed by atoms with Gasteiger partial charge in [0, 0.05) is 44.3 Å². The number of carbonyl (C=O) groups is 1. The summed E-state index contributed by atoms with van der Waals surface area (Å²) in [5.74, 6) is 0.980. The zero-order valence-electron chi connectivity index (χ0n) is 16.3. The lowest BCUT2D eigenvalue weighted by Crippen LogP contribution is -2.44. The van der Waals surface area contributed by atoms with Crippen LogP contribution in [0, 0.1) is 13.8 Å². The van der Waals surface area contributed by atoms with Gasteiger partial charge in [-0.3, -0.25) is 0 Å². The van der Waals surface area contributed by atoms with Gasteiger partial charge in [-0.05, 0) is 31.0 Å². The van der Waals surface area contributed by atoms with Crippen LogP contribution >= 0.6 is 0 Å². The van der Waals surface area contributed by atoms with E-state index in [0.29, 0.717) is 19.7 Å². The average Bonchev–Trinajstić information content (AvgIpc) is 2.67. The van der Waals surface area contributed by atoms with Crippen molar-refractivity contribution >= 4 is 11.7 Å². The van der Waals surface area contributed by atoms with Gasteiger partial charge in [-0.25, -0.2) is 4.79 Å². The monoisotopic (exact) mass is 368 g/mol. The normalized spacial score (nSPS) is 14.9. The van der Waals surface area contributed by atoms with Crippen molar-refractivity contribution in [3.05, 3.63) is 59.2 Å². The number of para-hydroxylation sites is 2. The van der Waals surface area contributed by atoms with E-state index in [0.717, 1.165) is 41.0 Å². The minimum Gasteiger partial charge on any atom is -0.490 e. The summed E-state index contributed by atoms with van der Waals surface area (Å²) in [6, 6.07) is 13.9. The lowest BCUT2D eigenvalue weighted by molar-refractivity contribution is 0.114. The molecule has 0 bridgehead atoms. The van der Waals surface area contributed by atoms with Gasteiger partial charge in [0.1, 0.15) is 11.9 Å². The van der Waals surface area contributed by atoms with Crippen molar-refractivity contribution in [3.63, 3.8) is 0 Å². The van der Waals surface area contributed by atoms with E-state index in [1.807, 2.05) is 35.2 Å². The summed E-state index contributed by atoms with van der Waals surface area (Å²) in [7, 11) is 1.65. The molecule has 5 heteroatoms. The van der Waals surface area contributed by atoms with E-state index in [2.05, 4.69) is 31.3 Å². The number of ether oxygens (including phenoxy) is 2. The second kappa shape index (κ2) is 8.91. The molecule has 3 rings (SSSR count). The second-order valence-electron chi connectivity index (χ2n) is 7.05. The first kappa shape index (κ1) is 19.2. The first-order chi connectivity index (χ1) is 13.1. The van der Waals surface area contributed by atoms with E-state index >= 15 is 0 Å². The third kappa shape index (κ3) is 4.80. The van der Waals surface area contributed by atoms with Crippen molar-refractivity contribution in [2.45, 2.75) is 39.4 Å². The van der Waals surface area contributed by atoms with Gasteiger partial charge in [-0.2, -0.15) is 0 Å². The van der Waals surface area contributed by atoms with Gasteiger partial charge in [0.2, 0.25) is 0 Å². The highest BCUT2D eigenvalue weighted by Crippen LogP contribution is 2.26. The van der Waals surface area contributed by atoms with Crippen LogP contribution in [0.3, 0.4) is 0 Å².